The molecule has 1 aromatic carbocycles. The zero-order valence-corrected chi connectivity index (χ0v) is 11.9. The first-order valence-electron chi connectivity index (χ1n) is 5.83. The van der Waals surface area contributed by atoms with Gasteiger partial charge in [-0.05, 0) is 31.7 Å². The highest BCUT2D eigenvalue weighted by atomic mass is 35.5. The summed E-state index contributed by atoms with van der Waals surface area (Å²) >= 11 is 12.2. The van der Waals surface area contributed by atoms with E-state index in [1.54, 1.807) is 12.1 Å². The van der Waals surface area contributed by atoms with E-state index >= 15 is 0 Å². The molecule has 1 N–H and O–H groups in total. The molecule has 0 aliphatic rings. The van der Waals surface area contributed by atoms with Crippen molar-refractivity contribution in [3.8, 4) is 5.69 Å². The maximum Gasteiger partial charge on any atom is 0.0849 e. The van der Waals surface area contributed by atoms with Gasteiger partial charge in [0, 0.05) is 22.8 Å². The number of hydrogen-bond donors (Lipinski definition) is 1. The van der Waals surface area contributed by atoms with Crippen LogP contribution in [0.1, 0.15) is 18.2 Å². The Labute approximate surface area is 117 Å². The van der Waals surface area contributed by atoms with E-state index in [2.05, 4.69) is 17.3 Å². The zero-order valence-electron chi connectivity index (χ0n) is 10.4. The van der Waals surface area contributed by atoms with E-state index in [-0.39, 0.29) is 0 Å². The second kappa shape index (κ2) is 5.74. The Bertz CT molecular complexity index is 549. The van der Waals surface area contributed by atoms with Crippen molar-refractivity contribution in [2.24, 2.45) is 0 Å². The minimum Gasteiger partial charge on any atom is -0.313 e. The Kier molecular flexibility index (Phi) is 4.27. The molecule has 0 aliphatic carbocycles. The van der Waals surface area contributed by atoms with Crippen molar-refractivity contribution in [3.63, 3.8) is 0 Å². The minimum atomic E-state index is 0.639. The molecule has 0 amide bonds. The first kappa shape index (κ1) is 13.4. The molecule has 18 heavy (non-hydrogen) atoms. The number of nitrogens with one attached hydrogen (secondary N) is 1. The molecular weight excluding hydrogens is 269 g/mol. The lowest BCUT2D eigenvalue weighted by atomic mass is 10.2. The molecule has 1 aromatic heterocycles. The lowest BCUT2D eigenvalue weighted by Crippen LogP contribution is -2.12. The number of hydrogen-bond acceptors (Lipinski definition) is 2. The Morgan fingerprint density at radius 3 is 2.83 bits per heavy atom. The van der Waals surface area contributed by atoms with Gasteiger partial charge < -0.3 is 5.32 Å². The van der Waals surface area contributed by atoms with Crippen molar-refractivity contribution in [1.29, 1.82) is 0 Å². The molecule has 0 aliphatic heterocycles. The van der Waals surface area contributed by atoms with Crippen LogP contribution in [0.15, 0.2) is 24.4 Å². The highest BCUT2D eigenvalue weighted by molar-refractivity contribution is 6.34. The average Bonchev–Trinajstić information content (AvgIpc) is 2.71. The molecule has 2 aromatic rings. The maximum atomic E-state index is 6.18. The van der Waals surface area contributed by atoms with Gasteiger partial charge in [-0.25, -0.2) is 4.68 Å². The predicted octanol–water partition coefficient (Wildman–Crippen LogP) is 3.60. The summed E-state index contributed by atoms with van der Waals surface area (Å²) in [6, 6.07) is 5.37. The van der Waals surface area contributed by atoms with Gasteiger partial charge in [-0.15, -0.1) is 0 Å². The van der Waals surface area contributed by atoms with Crippen LogP contribution in [0.25, 0.3) is 5.69 Å². The second-order valence-electron chi connectivity index (χ2n) is 4.04. The lowest BCUT2D eigenvalue weighted by molar-refractivity contribution is 0.721. The molecule has 0 saturated heterocycles. The van der Waals surface area contributed by atoms with Crippen LogP contribution < -0.4 is 5.32 Å². The molecule has 2 rings (SSSR count). The highest BCUT2D eigenvalue weighted by Gasteiger charge is 2.10. The van der Waals surface area contributed by atoms with E-state index < -0.39 is 0 Å². The van der Waals surface area contributed by atoms with Gasteiger partial charge in [0.25, 0.3) is 0 Å². The quantitative estimate of drug-likeness (QED) is 0.929. The largest absolute Gasteiger partial charge is 0.313 e. The van der Waals surface area contributed by atoms with E-state index in [4.69, 9.17) is 23.2 Å². The minimum absolute atomic E-state index is 0.639. The van der Waals surface area contributed by atoms with Crippen molar-refractivity contribution in [2.45, 2.75) is 20.4 Å². The third kappa shape index (κ3) is 2.69. The van der Waals surface area contributed by atoms with Crippen LogP contribution in [0.4, 0.5) is 0 Å². The first-order valence-corrected chi connectivity index (χ1v) is 6.58. The topological polar surface area (TPSA) is 29.9 Å². The van der Waals surface area contributed by atoms with Crippen molar-refractivity contribution in [1.82, 2.24) is 15.1 Å². The number of benzene rings is 1. The second-order valence-corrected chi connectivity index (χ2v) is 4.89. The maximum absolute atomic E-state index is 6.18. The molecule has 0 unspecified atom stereocenters. The van der Waals surface area contributed by atoms with Gasteiger partial charge in [0.15, 0.2) is 0 Å². The molecule has 0 saturated carbocycles. The molecule has 0 spiro atoms. The van der Waals surface area contributed by atoms with Gasteiger partial charge in [-0.2, -0.15) is 5.10 Å². The SMILES string of the molecule is CCNCc1cnn(-c2cc(Cl)ccc2Cl)c1C. The van der Waals surface area contributed by atoms with Gasteiger partial charge >= 0.3 is 0 Å². The monoisotopic (exact) mass is 283 g/mol. The first-order chi connectivity index (χ1) is 8.63. The van der Waals surface area contributed by atoms with Crippen molar-refractivity contribution in [3.05, 3.63) is 45.7 Å². The highest BCUT2D eigenvalue weighted by Crippen LogP contribution is 2.25. The number of halogens is 2. The zero-order chi connectivity index (χ0) is 13.1. The Balaban J connectivity index is 2.39. The molecule has 0 radical (unpaired) electrons. The third-order valence-corrected chi connectivity index (χ3v) is 3.37. The van der Waals surface area contributed by atoms with Crippen LogP contribution in [-0.2, 0) is 6.54 Å². The fraction of sp³-hybridized carbons (Fsp3) is 0.308. The summed E-state index contributed by atoms with van der Waals surface area (Å²) in [6.45, 7) is 5.84. The fourth-order valence-corrected chi connectivity index (χ4v) is 2.13. The normalized spacial score (nSPS) is 10.9. The van der Waals surface area contributed by atoms with E-state index in [0.29, 0.717) is 10.0 Å². The molecule has 0 fully saturated rings. The molecule has 96 valence electrons. The molecule has 1 heterocycles. The van der Waals surface area contributed by atoms with Gasteiger partial charge in [0.1, 0.15) is 0 Å². The Morgan fingerprint density at radius 1 is 1.33 bits per heavy atom. The van der Waals surface area contributed by atoms with E-state index in [1.165, 1.54) is 0 Å². The summed E-state index contributed by atoms with van der Waals surface area (Å²) in [6.07, 6.45) is 1.86. The van der Waals surface area contributed by atoms with Crippen molar-refractivity contribution >= 4 is 23.2 Å². The van der Waals surface area contributed by atoms with Crippen LogP contribution in [-0.4, -0.2) is 16.3 Å². The summed E-state index contributed by atoms with van der Waals surface area (Å²) in [7, 11) is 0. The van der Waals surface area contributed by atoms with Gasteiger partial charge in [-0.1, -0.05) is 30.1 Å². The molecule has 5 heteroatoms. The third-order valence-electron chi connectivity index (χ3n) is 2.81. The van der Waals surface area contributed by atoms with Crippen molar-refractivity contribution < 1.29 is 0 Å². The number of aromatic nitrogens is 2. The van der Waals surface area contributed by atoms with Crippen molar-refractivity contribution in [2.75, 3.05) is 6.54 Å². The summed E-state index contributed by atoms with van der Waals surface area (Å²) in [5.74, 6) is 0. The van der Waals surface area contributed by atoms with Gasteiger partial charge in [0.05, 0.1) is 16.9 Å². The molecular formula is C13H15Cl2N3. The van der Waals surface area contributed by atoms with Gasteiger partial charge in [0.2, 0.25) is 0 Å². The molecule has 0 bridgehead atoms. The van der Waals surface area contributed by atoms with Crippen LogP contribution >= 0.6 is 23.2 Å². The summed E-state index contributed by atoms with van der Waals surface area (Å²) in [5, 5.41) is 8.95. The molecule has 3 nitrogen and oxygen atoms in total. The van der Waals surface area contributed by atoms with Crippen LogP contribution in [0, 0.1) is 6.92 Å². The van der Waals surface area contributed by atoms with E-state index in [9.17, 15) is 0 Å². The van der Waals surface area contributed by atoms with E-state index in [0.717, 1.165) is 30.0 Å². The summed E-state index contributed by atoms with van der Waals surface area (Å²) < 4.78 is 1.82. The van der Waals surface area contributed by atoms with E-state index in [1.807, 2.05) is 23.9 Å². The smallest absolute Gasteiger partial charge is 0.0849 e. The van der Waals surface area contributed by atoms with Gasteiger partial charge in [-0.3, -0.25) is 0 Å². The predicted molar refractivity (Wildman–Crippen MR) is 75.7 cm³/mol. The fourth-order valence-electron chi connectivity index (χ4n) is 1.77. The lowest BCUT2D eigenvalue weighted by Gasteiger charge is -2.08. The number of nitrogens with zero attached hydrogens (tertiary/aromatic N) is 2. The Morgan fingerprint density at radius 2 is 2.11 bits per heavy atom. The Hall–Kier alpha value is -1.03. The summed E-state index contributed by atoms with van der Waals surface area (Å²) in [5.41, 5.74) is 3.04. The van der Waals surface area contributed by atoms with Crippen LogP contribution in [0.2, 0.25) is 10.0 Å². The van der Waals surface area contributed by atoms with Crippen LogP contribution in [0.5, 0.6) is 0 Å². The number of rotatable bonds is 4. The average molecular weight is 284 g/mol. The molecule has 0 atom stereocenters. The summed E-state index contributed by atoms with van der Waals surface area (Å²) in [4.78, 5) is 0. The van der Waals surface area contributed by atoms with Crippen LogP contribution in [0.3, 0.4) is 0 Å². The standard InChI is InChI=1S/C13H15Cl2N3/c1-3-16-7-10-8-17-18(9(10)2)13-6-11(14)4-5-12(13)15/h4-6,8,16H,3,7H2,1-2H3.